The van der Waals surface area contributed by atoms with Crippen LogP contribution in [0.1, 0.15) is 13.8 Å². The fraction of sp³-hybridized carbons (Fsp3) is 0.389. The minimum atomic E-state index is -1.54. The SMILES string of the molecule is CC(=O)OC(OC(C)=O)[C@@]12C=C[C@@H](O1)[C@H]1C(=O)N(c3ccncc3)C(=O)[C@H]12. The first kappa shape index (κ1) is 17.3. The van der Waals surface area contributed by atoms with Crippen molar-refractivity contribution in [1.82, 2.24) is 4.98 Å². The lowest BCUT2D eigenvalue weighted by Gasteiger charge is -2.34. The molecule has 27 heavy (non-hydrogen) atoms. The van der Waals surface area contributed by atoms with E-state index in [2.05, 4.69) is 4.98 Å². The number of rotatable bonds is 4. The molecule has 0 saturated carbocycles. The number of nitrogens with zero attached hydrogens (tertiary/aromatic N) is 2. The lowest BCUT2D eigenvalue weighted by molar-refractivity contribution is -0.226. The van der Waals surface area contributed by atoms with Gasteiger partial charge in [0.15, 0.2) is 5.60 Å². The maximum atomic E-state index is 13.2. The normalized spacial score (nSPS) is 30.8. The molecule has 0 radical (unpaired) electrons. The van der Waals surface area contributed by atoms with Crippen LogP contribution >= 0.6 is 0 Å². The van der Waals surface area contributed by atoms with E-state index in [4.69, 9.17) is 14.2 Å². The summed E-state index contributed by atoms with van der Waals surface area (Å²) in [6.45, 7) is 2.31. The first-order chi connectivity index (χ1) is 12.8. The molecule has 140 valence electrons. The molecule has 0 aliphatic carbocycles. The van der Waals surface area contributed by atoms with Crippen LogP contribution in [0.5, 0.6) is 0 Å². The zero-order chi connectivity index (χ0) is 19.3. The van der Waals surface area contributed by atoms with Crippen LogP contribution in [0.4, 0.5) is 5.69 Å². The van der Waals surface area contributed by atoms with Gasteiger partial charge in [-0.05, 0) is 18.2 Å². The van der Waals surface area contributed by atoms with Crippen LogP contribution in [0.2, 0.25) is 0 Å². The van der Waals surface area contributed by atoms with Crippen molar-refractivity contribution in [1.29, 1.82) is 0 Å². The van der Waals surface area contributed by atoms with Crippen molar-refractivity contribution in [2.45, 2.75) is 31.8 Å². The van der Waals surface area contributed by atoms with E-state index in [1.165, 1.54) is 18.5 Å². The van der Waals surface area contributed by atoms with E-state index in [1.807, 2.05) is 0 Å². The van der Waals surface area contributed by atoms with Crippen LogP contribution in [-0.4, -0.2) is 46.7 Å². The second-order valence-electron chi connectivity index (χ2n) is 6.57. The van der Waals surface area contributed by atoms with Crippen molar-refractivity contribution >= 4 is 29.4 Å². The van der Waals surface area contributed by atoms with Crippen molar-refractivity contribution in [2.24, 2.45) is 11.8 Å². The van der Waals surface area contributed by atoms with E-state index in [0.29, 0.717) is 5.69 Å². The number of ether oxygens (including phenoxy) is 3. The molecule has 0 N–H and O–H groups in total. The summed E-state index contributed by atoms with van der Waals surface area (Å²) in [6, 6.07) is 3.10. The van der Waals surface area contributed by atoms with Crippen LogP contribution in [0.3, 0.4) is 0 Å². The Bertz CT molecular complexity index is 852. The Balaban J connectivity index is 1.75. The van der Waals surface area contributed by atoms with E-state index in [-0.39, 0.29) is 0 Å². The molecular weight excluding hydrogens is 356 g/mol. The molecule has 1 aromatic rings. The Hall–Kier alpha value is -3.07. The van der Waals surface area contributed by atoms with Crippen molar-refractivity contribution in [3.8, 4) is 0 Å². The Morgan fingerprint density at radius 3 is 2.37 bits per heavy atom. The molecule has 2 fully saturated rings. The van der Waals surface area contributed by atoms with E-state index >= 15 is 0 Å². The summed E-state index contributed by atoms with van der Waals surface area (Å²) in [4.78, 5) is 54.1. The average molecular weight is 372 g/mol. The number of fused-ring (bicyclic) bond motifs is 5. The van der Waals surface area contributed by atoms with E-state index in [0.717, 1.165) is 18.7 Å². The predicted octanol–water partition coefficient (Wildman–Crippen LogP) is 0.347. The van der Waals surface area contributed by atoms with Gasteiger partial charge in [0, 0.05) is 26.2 Å². The maximum Gasteiger partial charge on any atom is 0.305 e. The molecule has 9 nitrogen and oxygen atoms in total. The van der Waals surface area contributed by atoms with E-state index < -0.39 is 53.6 Å². The summed E-state index contributed by atoms with van der Waals surface area (Å²) < 4.78 is 16.2. The number of hydrogen-bond donors (Lipinski definition) is 0. The van der Waals surface area contributed by atoms with Crippen LogP contribution in [0, 0.1) is 11.8 Å². The fourth-order valence-electron chi connectivity index (χ4n) is 3.96. The summed E-state index contributed by atoms with van der Waals surface area (Å²) in [7, 11) is 0. The van der Waals surface area contributed by atoms with Gasteiger partial charge in [-0.25, -0.2) is 4.90 Å². The number of imide groups is 1. The van der Waals surface area contributed by atoms with Gasteiger partial charge in [-0.15, -0.1) is 0 Å². The molecule has 0 unspecified atom stereocenters. The average Bonchev–Trinajstić information content (AvgIpc) is 3.26. The smallest absolute Gasteiger partial charge is 0.305 e. The lowest BCUT2D eigenvalue weighted by atomic mass is 9.76. The Morgan fingerprint density at radius 1 is 1.15 bits per heavy atom. The Morgan fingerprint density at radius 2 is 1.78 bits per heavy atom. The molecule has 0 spiro atoms. The monoisotopic (exact) mass is 372 g/mol. The molecule has 2 bridgehead atoms. The van der Waals surface area contributed by atoms with Crippen molar-refractivity contribution in [3.63, 3.8) is 0 Å². The maximum absolute atomic E-state index is 13.2. The topological polar surface area (TPSA) is 112 Å². The number of aromatic nitrogens is 1. The number of anilines is 1. The summed E-state index contributed by atoms with van der Waals surface area (Å²) >= 11 is 0. The third-order valence-electron chi connectivity index (χ3n) is 4.91. The lowest BCUT2D eigenvalue weighted by Crippen LogP contribution is -2.52. The molecule has 4 rings (SSSR count). The molecule has 4 atom stereocenters. The third kappa shape index (κ3) is 2.46. The quantitative estimate of drug-likeness (QED) is 0.322. The highest BCUT2D eigenvalue weighted by Gasteiger charge is 2.72. The number of pyridine rings is 1. The Labute approximate surface area is 153 Å². The van der Waals surface area contributed by atoms with Gasteiger partial charge in [-0.1, -0.05) is 6.08 Å². The molecule has 4 heterocycles. The van der Waals surface area contributed by atoms with Gasteiger partial charge in [0.25, 0.3) is 6.29 Å². The van der Waals surface area contributed by atoms with Crippen molar-refractivity contribution in [2.75, 3.05) is 4.90 Å². The van der Waals surface area contributed by atoms with Gasteiger partial charge in [0.1, 0.15) is 0 Å². The van der Waals surface area contributed by atoms with Gasteiger partial charge in [-0.2, -0.15) is 0 Å². The minimum absolute atomic E-state index is 0.389. The molecule has 0 aromatic carbocycles. The molecule has 1 aromatic heterocycles. The van der Waals surface area contributed by atoms with Crippen LogP contribution in [0.25, 0.3) is 0 Å². The molecular formula is C18H16N2O7. The summed E-state index contributed by atoms with van der Waals surface area (Å²) in [5.41, 5.74) is -1.15. The van der Waals surface area contributed by atoms with Crippen LogP contribution < -0.4 is 4.90 Å². The number of carbonyl (C=O) groups excluding carboxylic acids is 4. The zero-order valence-corrected chi connectivity index (χ0v) is 14.5. The second-order valence-corrected chi connectivity index (χ2v) is 6.57. The predicted molar refractivity (Wildman–Crippen MR) is 87.8 cm³/mol. The number of carbonyl (C=O) groups is 4. The van der Waals surface area contributed by atoms with Gasteiger partial charge in [0.2, 0.25) is 11.8 Å². The minimum Gasteiger partial charge on any atom is -0.422 e. The van der Waals surface area contributed by atoms with Crippen LogP contribution in [-0.2, 0) is 33.4 Å². The highest BCUT2D eigenvalue weighted by Crippen LogP contribution is 2.54. The molecule has 3 aliphatic heterocycles. The van der Waals surface area contributed by atoms with E-state index in [9.17, 15) is 19.2 Å². The van der Waals surface area contributed by atoms with Crippen LogP contribution in [0.15, 0.2) is 36.7 Å². The molecule has 9 heteroatoms. The number of amides is 2. The van der Waals surface area contributed by atoms with Gasteiger partial charge >= 0.3 is 11.9 Å². The standard InChI is InChI=1S/C18H16N2O7/c1-9(21)25-17(26-10(2)22)18-6-3-12(27-18)13-14(18)16(24)20(15(13)23)11-4-7-19-8-5-11/h3-8,12-14,17H,1-2H3/t12-,13-,14+,18+/m1/s1. The van der Waals surface area contributed by atoms with Gasteiger partial charge in [-0.3, -0.25) is 24.2 Å². The van der Waals surface area contributed by atoms with Gasteiger partial charge in [0.05, 0.1) is 23.6 Å². The first-order valence-electron chi connectivity index (χ1n) is 8.34. The van der Waals surface area contributed by atoms with Crippen molar-refractivity contribution < 1.29 is 33.4 Å². The molecule has 2 saturated heterocycles. The largest absolute Gasteiger partial charge is 0.422 e. The number of hydrogen-bond acceptors (Lipinski definition) is 8. The van der Waals surface area contributed by atoms with Gasteiger partial charge < -0.3 is 14.2 Å². The Kier molecular flexibility index (Phi) is 3.84. The van der Waals surface area contributed by atoms with Crippen molar-refractivity contribution in [3.05, 3.63) is 36.7 Å². The van der Waals surface area contributed by atoms with E-state index in [1.54, 1.807) is 18.2 Å². The summed E-state index contributed by atoms with van der Waals surface area (Å²) in [6.07, 6.45) is 3.97. The second kappa shape index (κ2) is 5.98. The summed E-state index contributed by atoms with van der Waals surface area (Å²) in [5, 5.41) is 0. The zero-order valence-electron chi connectivity index (χ0n) is 14.5. The highest BCUT2D eigenvalue weighted by molar-refractivity contribution is 6.23. The first-order valence-corrected chi connectivity index (χ1v) is 8.34. The summed E-state index contributed by atoms with van der Waals surface area (Å²) in [5.74, 6) is -4.10. The molecule has 2 amide bonds. The third-order valence-corrected chi connectivity index (χ3v) is 4.91. The number of esters is 2. The highest BCUT2D eigenvalue weighted by atomic mass is 16.7. The molecule has 3 aliphatic rings. The fourth-order valence-corrected chi connectivity index (χ4v) is 3.96.